The van der Waals surface area contributed by atoms with Crippen molar-refractivity contribution in [1.82, 2.24) is 20.3 Å². The van der Waals surface area contributed by atoms with Crippen LogP contribution in [0.15, 0.2) is 36.5 Å². The highest BCUT2D eigenvalue weighted by atomic mass is 35.5. The Labute approximate surface area is 135 Å². The molecule has 7 heteroatoms. The molecule has 1 aromatic carbocycles. The lowest BCUT2D eigenvalue weighted by Crippen LogP contribution is -2.40. The third kappa shape index (κ3) is 3.45. The maximum absolute atomic E-state index is 12.2. The number of carbonyl (C=O) groups is 1. The first-order chi connectivity index (χ1) is 10.3. The summed E-state index contributed by atoms with van der Waals surface area (Å²) < 4.78 is 0. The van der Waals surface area contributed by atoms with Gasteiger partial charge in [0.25, 0.3) is 5.91 Å². The molecule has 1 saturated carbocycles. The molecular formula is C15H20ClN5O. The first-order valence-electron chi connectivity index (χ1n) is 7.26. The van der Waals surface area contributed by atoms with E-state index in [2.05, 4.69) is 15.5 Å². The molecule has 0 spiro atoms. The van der Waals surface area contributed by atoms with E-state index >= 15 is 0 Å². The van der Waals surface area contributed by atoms with Crippen LogP contribution in [0, 0.1) is 5.92 Å². The molecule has 1 aromatic heterocycles. The molecule has 2 unspecified atom stereocenters. The van der Waals surface area contributed by atoms with E-state index in [9.17, 15) is 4.79 Å². The smallest absolute Gasteiger partial charge is 0.273 e. The van der Waals surface area contributed by atoms with Crippen LogP contribution < -0.4 is 11.1 Å². The highest BCUT2D eigenvalue weighted by Gasteiger charge is 2.28. The van der Waals surface area contributed by atoms with E-state index in [1.54, 1.807) is 0 Å². The molecule has 1 aliphatic carbocycles. The van der Waals surface area contributed by atoms with Crippen LogP contribution in [0.25, 0.3) is 5.69 Å². The Morgan fingerprint density at radius 3 is 2.82 bits per heavy atom. The van der Waals surface area contributed by atoms with Gasteiger partial charge < -0.3 is 11.1 Å². The minimum Gasteiger partial charge on any atom is -0.348 e. The minimum atomic E-state index is -0.178. The molecule has 0 aliphatic heterocycles. The Morgan fingerprint density at radius 2 is 2.09 bits per heavy atom. The summed E-state index contributed by atoms with van der Waals surface area (Å²) in [5.74, 6) is 0.195. The molecule has 1 heterocycles. The number of nitrogens with two attached hydrogens (primary N) is 1. The van der Waals surface area contributed by atoms with Crippen LogP contribution >= 0.6 is 12.4 Å². The minimum absolute atomic E-state index is 0. The van der Waals surface area contributed by atoms with E-state index in [-0.39, 0.29) is 24.4 Å². The first-order valence-corrected chi connectivity index (χ1v) is 7.26. The zero-order valence-electron chi connectivity index (χ0n) is 12.2. The van der Waals surface area contributed by atoms with Gasteiger partial charge in [-0.15, -0.1) is 17.5 Å². The standard InChI is InChI=1S/C15H19N5O.ClH/c16-9-11-5-4-8-13(11)18-15(21)14-10-17-20(19-14)12-6-2-1-3-7-12;/h1-3,6-7,10-11,13H,4-5,8-9,16H2,(H,18,21);1H. The average Bonchev–Trinajstić information content (AvgIpc) is 3.17. The van der Waals surface area contributed by atoms with E-state index in [1.807, 2.05) is 30.3 Å². The van der Waals surface area contributed by atoms with Gasteiger partial charge in [0, 0.05) is 6.04 Å². The van der Waals surface area contributed by atoms with E-state index in [0.29, 0.717) is 18.2 Å². The van der Waals surface area contributed by atoms with Crippen LogP contribution in [-0.4, -0.2) is 33.5 Å². The fraction of sp³-hybridized carbons (Fsp3) is 0.400. The fourth-order valence-electron chi connectivity index (χ4n) is 2.80. The molecule has 2 atom stereocenters. The van der Waals surface area contributed by atoms with Gasteiger partial charge in [0.2, 0.25) is 0 Å². The molecule has 0 saturated heterocycles. The van der Waals surface area contributed by atoms with Gasteiger partial charge in [0.15, 0.2) is 5.69 Å². The van der Waals surface area contributed by atoms with E-state index in [0.717, 1.165) is 24.9 Å². The Hall–Kier alpha value is -1.92. The lowest BCUT2D eigenvalue weighted by atomic mass is 10.0. The Kier molecular flexibility index (Phi) is 5.51. The molecule has 2 aromatic rings. The van der Waals surface area contributed by atoms with Crippen molar-refractivity contribution in [3.8, 4) is 5.69 Å². The Bertz CT molecular complexity index is 615. The summed E-state index contributed by atoms with van der Waals surface area (Å²) in [6, 6.07) is 9.68. The van der Waals surface area contributed by atoms with Crippen LogP contribution in [-0.2, 0) is 0 Å². The van der Waals surface area contributed by atoms with Gasteiger partial charge in [-0.2, -0.15) is 9.90 Å². The molecule has 3 rings (SSSR count). The quantitative estimate of drug-likeness (QED) is 0.894. The molecular weight excluding hydrogens is 302 g/mol. The molecule has 1 amide bonds. The van der Waals surface area contributed by atoms with Crippen molar-refractivity contribution in [1.29, 1.82) is 0 Å². The van der Waals surface area contributed by atoms with Crippen molar-refractivity contribution in [3.63, 3.8) is 0 Å². The number of halogens is 1. The number of nitrogens with one attached hydrogen (secondary N) is 1. The molecule has 118 valence electrons. The molecule has 6 nitrogen and oxygen atoms in total. The molecule has 3 N–H and O–H groups in total. The first kappa shape index (κ1) is 16.5. The SMILES string of the molecule is Cl.NCC1CCCC1NC(=O)c1cnn(-c2ccccc2)n1. The average molecular weight is 322 g/mol. The zero-order chi connectivity index (χ0) is 14.7. The van der Waals surface area contributed by atoms with Gasteiger partial charge in [0.1, 0.15) is 0 Å². The van der Waals surface area contributed by atoms with E-state index < -0.39 is 0 Å². The van der Waals surface area contributed by atoms with Gasteiger partial charge in [-0.3, -0.25) is 4.79 Å². The number of amides is 1. The lowest BCUT2D eigenvalue weighted by Gasteiger charge is -2.18. The van der Waals surface area contributed by atoms with E-state index in [1.165, 1.54) is 11.0 Å². The van der Waals surface area contributed by atoms with Crippen molar-refractivity contribution >= 4 is 18.3 Å². The predicted molar refractivity (Wildman–Crippen MR) is 86.3 cm³/mol. The van der Waals surface area contributed by atoms with Crippen LogP contribution in [0.4, 0.5) is 0 Å². The van der Waals surface area contributed by atoms with Gasteiger partial charge in [-0.05, 0) is 37.4 Å². The number of aromatic nitrogens is 3. The largest absolute Gasteiger partial charge is 0.348 e. The summed E-state index contributed by atoms with van der Waals surface area (Å²) in [6.45, 7) is 0.613. The predicted octanol–water partition coefficient (Wildman–Crippen LogP) is 1.55. The number of rotatable bonds is 4. The number of benzene rings is 1. The van der Waals surface area contributed by atoms with Crippen molar-refractivity contribution in [2.45, 2.75) is 25.3 Å². The van der Waals surface area contributed by atoms with Crippen LogP contribution in [0.1, 0.15) is 29.8 Å². The third-order valence-corrected chi connectivity index (χ3v) is 3.99. The van der Waals surface area contributed by atoms with Gasteiger partial charge in [0.05, 0.1) is 11.9 Å². The second-order valence-electron chi connectivity index (χ2n) is 5.36. The highest BCUT2D eigenvalue weighted by Crippen LogP contribution is 2.24. The Morgan fingerprint density at radius 1 is 1.32 bits per heavy atom. The number of hydrogen-bond donors (Lipinski definition) is 2. The summed E-state index contributed by atoms with van der Waals surface area (Å²) in [5.41, 5.74) is 6.90. The summed E-state index contributed by atoms with van der Waals surface area (Å²) in [5, 5.41) is 11.4. The summed E-state index contributed by atoms with van der Waals surface area (Å²) >= 11 is 0. The molecule has 0 radical (unpaired) electrons. The van der Waals surface area contributed by atoms with Crippen molar-refractivity contribution in [2.24, 2.45) is 11.7 Å². The normalized spacial score (nSPS) is 20.4. The highest BCUT2D eigenvalue weighted by molar-refractivity contribution is 5.92. The number of para-hydroxylation sites is 1. The van der Waals surface area contributed by atoms with Crippen molar-refractivity contribution in [2.75, 3.05) is 6.54 Å². The summed E-state index contributed by atoms with van der Waals surface area (Å²) in [4.78, 5) is 13.7. The van der Waals surface area contributed by atoms with Crippen molar-refractivity contribution in [3.05, 3.63) is 42.2 Å². The third-order valence-electron chi connectivity index (χ3n) is 3.99. The summed E-state index contributed by atoms with van der Waals surface area (Å²) in [7, 11) is 0. The second-order valence-corrected chi connectivity index (χ2v) is 5.36. The lowest BCUT2D eigenvalue weighted by molar-refractivity contribution is 0.0923. The van der Waals surface area contributed by atoms with Gasteiger partial charge in [-0.25, -0.2) is 0 Å². The number of nitrogens with zero attached hydrogens (tertiary/aromatic N) is 3. The zero-order valence-corrected chi connectivity index (χ0v) is 13.0. The van der Waals surface area contributed by atoms with Crippen LogP contribution in [0.2, 0.25) is 0 Å². The van der Waals surface area contributed by atoms with Gasteiger partial charge >= 0.3 is 0 Å². The molecule has 1 aliphatic rings. The Balaban J connectivity index is 0.00000176. The molecule has 0 bridgehead atoms. The maximum Gasteiger partial charge on any atom is 0.273 e. The van der Waals surface area contributed by atoms with Crippen molar-refractivity contribution < 1.29 is 4.79 Å². The number of hydrogen-bond acceptors (Lipinski definition) is 4. The monoisotopic (exact) mass is 321 g/mol. The van der Waals surface area contributed by atoms with Crippen LogP contribution in [0.5, 0.6) is 0 Å². The van der Waals surface area contributed by atoms with Gasteiger partial charge in [-0.1, -0.05) is 24.6 Å². The summed E-state index contributed by atoms with van der Waals surface area (Å²) in [6.07, 6.45) is 4.68. The second kappa shape index (κ2) is 7.38. The fourth-order valence-corrected chi connectivity index (χ4v) is 2.80. The topological polar surface area (TPSA) is 85.8 Å². The maximum atomic E-state index is 12.2. The molecule has 22 heavy (non-hydrogen) atoms. The van der Waals surface area contributed by atoms with E-state index in [4.69, 9.17) is 5.73 Å². The molecule has 1 fully saturated rings. The number of carbonyl (C=O) groups excluding carboxylic acids is 1. The van der Waals surface area contributed by atoms with Crippen LogP contribution in [0.3, 0.4) is 0 Å².